The lowest BCUT2D eigenvalue weighted by atomic mass is 10.1. The molecule has 1 aliphatic rings. The lowest BCUT2D eigenvalue weighted by Gasteiger charge is -2.18. The third-order valence-corrected chi connectivity index (χ3v) is 6.20. The summed E-state index contributed by atoms with van der Waals surface area (Å²) in [6, 6.07) is 14.7. The van der Waals surface area contributed by atoms with Crippen LogP contribution in [0, 0.1) is 5.92 Å². The Morgan fingerprint density at radius 2 is 1.67 bits per heavy atom. The van der Waals surface area contributed by atoms with Crippen LogP contribution in [0.2, 0.25) is 0 Å². The van der Waals surface area contributed by atoms with E-state index in [9.17, 15) is 18.0 Å². The van der Waals surface area contributed by atoms with Gasteiger partial charge in [0.1, 0.15) is 0 Å². The van der Waals surface area contributed by atoms with Gasteiger partial charge in [0.2, 0.25) is 0 Å². The van der Waals surface area contributed by atoms with E-state index >= 15 is 0 Å². The van der Waals surface area contributed by atoms with Crippen LogP contribution < -0.4 is 0 Å². The molecular weight excluding hydrogens is 390 g/mol. The Balaban J connectivity index is 0.00000261. The minimum atomic E-state index is -3.58. The maximum atomic E-state index is 12.8. The van der Waals surface area contributed by atoms with Gasteiger partial charge in [0.25, 0.3) is 5.91 Å². The van der Waals surface area contributed by atoms with Crippen molar-refractivity contribution in [2.75, 3.05) is 13.1 Å². The number of carboxylic acids is 1. The van der Waals surface area contributed by atoms with E-state index in [4.69, 9.17) is 5.11 Å². The van der Waals surface area contributed by atoms with Gasteiger partial charge in [0, 0.05) is 18.7 Å². The first-order valence-corrected chi connectivity index (χ1v) is 9.91. The Bertz CT molecular complexity index is 930. The van der Waals surface area contributed by atoms with Gasteiger partial charge in [-0.05, 0) is 30.2 Å². The fourth-order valence-corrected chi connectivity index (χ4v) is 4.49. The van der Waals surface area contributed by atoms with Crippen LogP contribution in [-0.2, 0) is 20.4 Å². The number of rotatable bonds is 5. The number of hydrogen-bond donors (Lipinski definition) is 1. The number of likely N-dealkylation sites (tertiary alicyclic amines) is 1. The summed E-state index contributed by atoms with van der Waals surface area (Å²) in [6.45, 7) is 0.503. The van der Waals surface area contributed by atoms with Gasteiger partial charge in [-0.1, -0.05) is 36.4 Å². The smallest absolute Gasteiger partial charge is 0.308 e. The van der Waals surface area contributed by atoms with Gasteiger partial charge < -0.3 is 10.0 Å². The van der Waals surface area contributed by atoms with Crippen molar-refractivity contribution >= 4 is 34.1 Å². The second-order valence-electron chi connectivity index (χ2n) is 6.30. The minimum absolute atomic E-state index is 0. The van der Waals surface area contributed by atoms with E-state index in [1.807, 2.05) is 0 Å². The third kappa shape index (κ3) is 4.67. The van der Waals surface area contributed by atoms with Crippen molar-refractivity contribution in [1.29, 1.82) is 0 Å². The van der Waals surface area contributed by atoms with Crippen LogP contribution in [0.3, 0.4) is 0 Å². The zero-order valence-electron chi connectivity index (χ0n) is 14.4. The molecule has 8 heteroatoms. The molecule has 2 aromatic rings. The van der Waals surface area contributed by atoms with E-state index in [0.717, 1.165) is 0 Å². The summed E-state index contributed by atoms with van der Waals surface area (Å²) in [5.41, 5.74) is 0.721. The molecule has 1 amide bonds. The van der Waals surface area contributed by atoms with Crippen LogP contribution in [-0.4, -0.2) is 43.4 Å². The maximum absolute atomic E-state index is 12.8. The molecule has 1 aliphatic heterocycles. The van der Waals surface area contributed by atoms with Gasteiger partial charge in [-0.25, -0.2) is 8.42 Å². The summed E-state index contributed by atoms with van der Waals surface area (Å²) < 4.78 is 25.3. The van der Waals surface area contributed by atoms with E-state index < -0.39 is 21.7 Å². The van der Waals surface area contributed by atoms with Crippen LogP contribution >= 0.6 is 12.4 Å². The average molecular weight is 410 g/mol. The number of benzene rings is 2. The van der Waals surface area contributed by atoms with Crippen LogP contribution in [0.15, 0.2) is 59.5 Å². The van der Waals surface area contributed by atoms with E-state index in [0.29, 0.717) is 24.1 Å². The van der Waals surface area contributed by atoms with Crippen LogP contribution in [0.5, 0.6) is 0 Å². The van der Waals surface area contributed by atoms with Crippen LogP contribution in [0.4, 0.5) is 0 Å². The molecule has 0 spiro atoms. The Morgan fingerprint density at radius 1 is 1.04 bits per heavy atom. The summed E-state index contributed by atoms with van der Waals surface area (Å²) >= 11 is 0. The van der Waals surface area contributed by atoms with Gasteiger partial charge in [-0.3, -0.25) is 9.59 Å². The molecular formula is C19H20ClNO5S. The topological polar surface area (TPSA) is 91.8 Å². The van der Waals surface area contributed by atoms with Gasteiger partial charge in [0.05, 0.1) is 16.6 Å². The molecule has 1 atom stereocenters. The molecule has 0 saturated carbocycles. The van der Waals surface area contributed by atoms with Gasteiger partial charge in [-0.2, -0.15) is 0 Å². The normalized spacial score (nSPS) is 16.6. The molecule has 1 N–H and O–H groups in total. The highest BCUT2D eigenvalue weighted by atomic mass is 35.5. The van der Waals surface area contributed by atoms with Gasteiger partial charge in [-0.15, -0.1) is 12.4 Å². The number of nitrogens with zero attached hydrogens (tertiary/aromatic N) is 1. The minimum Gasteiger partial charge on any atom is -0.481 e. The molecule has 0 aliphatic carbocycles. The number of carbonyl (C=O) groups excluding carboxylic acids is 1. The number of sulfone groups is 1. The highest BCUT2D eigenvalue weighted by Crippen LogP contribution is 2.23. The highest BCUT2D eigenvalue weighted by molar-refractivity contribution is 7.90. The van der Waals surface area contributed by atoms with Gasteiger partial charge in [0.15, 0.2) is 9.84 Å². The summed E-state index contributed by atoms with van der Waals surface area (Å²) in [5.74, 6) is -2.10. The van der Waals surface area contributed by atoms with E-state index in [1.165, 1.54) is 17.0 Å². The number of hydrogen-bond acceptors (Lipinski definition) is 4. The van der Waals surface area contributed by atoms with E-state index in [2.05, 4.69) is 0 Å². The third-order valence-electron chi connectivity index (χ3n) is 4.52. The molecule has 1 fully saturated rings. The van der Waals surface area contributed by atoms with Crippen LogP contribution in [0.1, 0.15) is 22.3 Å². The maximum Gasteiger partial charge on any atom is 0.308 e. The average Bonchev–Trinajstić information content (AvgIpc) is 3.12. The lowest BCUT2D eigenvalue weighted by molar-refractivity contribution is -0.141. The molecule has 27 heavy (non-hydrogen) atoms. The Labute approximate surface area is 164 Å². The van der Waals surface area contributed by atoms with Crippen molar-refractivity contribution in [3.8, 4) is 0 Å². The first-order valence-electron chi connectivity index (χ1n) is 8.26. The van der Waals surface area contributed by atoms with Crippen molar-refractivity contribution in [2.24, 2.45) is 5.92 Å². The number of carboxylic acid groups (broad SMARTS) is 1. The molecule has 1 heterocycles. The van der Waals surface area contributed by atoms with E-state index in [1.54, 1.807) is 42.5 Å². The predicted molar refractivity (Wildman–Crippen MR) is 103 cm³/mol. The predicted octanol–water partition coefficient (Wildman–Crippen LogP) is 2.63. The summed E-state index contributed by atoms with van der Waals surface area (Å²) in [7, 11) is -3.58. The van der Waals surface area contributed by atoms with Crippen molar-refractivity contribution < 1.29 is 23.1 Å². The quantitative estimate of drug-likeness (QED) is 0.819. The SMILES string of the molecule is Cl.O=C(O)C1CCN(C(=O)c2ccccc2CS(=O)(=O)c2ccccc2)C1. The first kappa shape index (κ1) is 20.9. The van der Waals surface area contributed by atoms with Gasteiger partial charge >= 0.3 is 5.97 Å². The second kappa shape index (κ2) is 8.54. The molecule has 0 bridgehead atoms. The van der Waals surface area contributed by atoms with E-state index in [-0.39, 0.29) is 35.5 Å². The second-order valence-corrected chi connectivity index (χ2v) is 8.29. The fourth-order valence-electron chi connectivity index (χ4n) is 3.09. The van der Waals surface area contributed by atoms with Crippen LogP contribution in [0.25, 0.3) is 0 Å². The molecule has 6 nitrogen and oxygen atoms in total. The Morgan fingerprint density at radius 3 is 2.30 bits per heavy atom. The monoisotopic (exact) mass is 409 g/mol. The van der Waals surface area contributed by atoms with Crippen molar-refractivity contribution in [3.63, 3.8) is 0 Å². The summed E-state index contributed by atoms with van der Waals surface area (Å²) in [6.07, 6.45) is 0.408. The first-order chi connectivity index (χ1) is 12.4. The molecule has 1 saturated heterocycles. The molecule has 0 radical (unpaired) electrons. The molecule has 3 rings (SSSR count). The number of aliphatic carboxylic acids is 1. The molecule has 1 unspecified atom stereocenters. The number of carbonyl (C=O) groups is 2. The molecule has 2 aromatic carbocycles. The Kier molecular flexibility index (Phi) is 6.62. The summed E-state index contributed by atoms with van der Waals surface area (Å²) in [4.78, 5) is 25.6. The number of halogens is 1. The standard InChI is InChI=1S/C19H19NO5S.ClH/c21-18(20-11-10-14(12-20)19(22)23)17-9-5-4-6-15(17)13-26(24,25)16-7-2-1-3-8-16;/h1-9,14H,10-13H2,(H,22,23);1H. The molecule has 0 aromatic heterocycles. The van der Waals surface area contributed by atoms with Crippen molar-refractivity contribution in [3.05, 3.63) is 65.7 Å². The molecule has 144 valence electrons. The Hall–Kier alpha value is -2.38. The number of amides is 1. The lowest BCUT2D eigenvalue weighted by Crippen LogP contribution is -2.30. The zero-order valence-corrected chi connectivity index (χ0v) is 16.1. The largest absolute Gasteiger partial charge is 0.481 e. The highest BCUT2D eigenvalue weighted by Gasteiger charge is 2.32. The van der Waals surface area contributed by atoms with Crippen molar-refractivity contribution in [1.82, 2.24) is 4.90 Å². The zero-order chi connectivity index (χ0) is 18.7. The summed E-state index contributed by atoms with van der Waals surface area (Å²) in [5, 5.41) is 9.10. The van der Waals surface area contributed by atoms with Crippen molar-refractivity contribution in [2.45, 2.75) is 17.1 Å². The fraction of sp³-hybridized carbons (Fsp3) is 0.263.